The molecule has 4 heteroatoms. The Morgan fingerprint density at radius 2 is 1.43 bits per heavy atom. The van der Waals surface area contributed by atoms with Gasteiger partial charge in [-0.3, -0.25) is 0 Å². The third kappa shape index (κ3) is 5.09. The second-order valence-electron chi connectivity index (χ2n) is 7.13. The molecule has 0 atom stereocenters. The smallest absolute Gasteiger partial charge is 0.00767 e. The van der Waals surface area contributed by atoms with Crippen molar-refractivity contribution in [3.8, 4) is 0 Å². The first-order valence-corrected chi connectivity index (χ1v) is 8.84. The largest absolute Gasteiger partial charge is 0.330 e. The average molecular weight is 359 g/mol. The maximum absolute atomic E-state index is 6.18. The van der Waals surface area contributed by atoms with E-state index in [9.17, 15) is 0 Å². The lowest BCUT2D eigenvalue weighted by atomic mass is 9.68. The molecule has 0 amide bonds. The van der Waals surface area contributed by atoms with E-state index in [1.165, 1.54) is 63.4 Å². The van der Waals surface area contributed by atoms with Gasteiger partial charge in [0.05, 0.1) is 0 Å². The highest BCUT2D eigenvalue weighted by Gasteiger charge is 2.36. The van der Waals surface area contributed by atoms with Crippen LogP contribution in [0.4, 0.5) is 0 Å². The van der Waals surface area contributed by atoms with Gasteiger partial charge in [0.1, 0.15) is 0 Å². The van der Waals surface area contributed by atoms with Crippen LogP contribution in [-0.4, -0.2) is 18.6 Å². The molecular formula is C19H32Cl2N2. The van der Waals surface area contributed by atoms with Crippen LogP contribution in [0.15, 0.2) is 30.3 Å². The van der Waals surface area contributed by atoms with Gasteiger partial charge < -0.3 is 11.1 Å². The molecule has 2 aliphatic carbocycles. The van der Waals surface area contributed by atoms with Gasteiger partial charge in [-0.1, -0.05) is 49.6 Å². The highest BCUT2D eigenvalue weighted by Crippen LogP contribution is 2.39. The Labute approximate surface area is 153 Å². The van der Waals surface area contributed by atoms with Crippen molar-refractivity contribution < 1.29 is 0 Å². The van der Waals surface area contributed by atoms with Crippen LogP contribution in [0.5, 0.6) is 0 Å². The summed E-state index contributed by atoms with van der Waals surface area (Å²) < 4.78 is 0. The highest BCUT2D eigenvalue weighted by molar-refractivity contribution is 5.85. The number of nitrogens with two attached hydrogens (primary N) is 1. The van der Waals surface area contributed by atoms with E-state index in [1.807, 2.05) is 0 Å². The summed E-state index contributed by atoms with van der Waals surface area (Å²) >= 11 is 0. The van der Waals surface area contributed by atoms with Crippen LogP contribution in [-0.2, 0) is 5.41 Å². The van der Waals surface area contributed by atoms with Crippen LogP contribution >= 0.6 is 24.8 Å². The second kappa shape index (κ2) is 9.88. The Bertz CT molecular complexity index is 424. The third-order valence-corrected chi connectivity index (χ3v) is 5.80. The van der Waals surface area contributed by atoms with Crippen molar-refractivity contribution in [3.05, 3.63) is 35.9 Å². The summed E-state index contributed by atoms with van der Waals surface area (Å²) in [5.41, 5.74) is 7.86. The second-order valence-corrected chi connectivity index (χ2v) is 7.13. The molecule has 0 aliphatic heterocycles. The minimum absolute atomic E-state index is 0. The Balaban J connectivity index is 0.00000132. The minimum atomic E-state index is 0. The molecule has 0 radical (unpaired) electrons. The SMILES string of the molecule is Cl.Cl.NC[C@]1(c2ccccc2)CC[C@@H](NC2CCCCC2)CC1. The van der Waals surface area contributed by atoms with Crippen LogP contribution in [0.3, 0.4) is 0 Å². The predicted molar refractivity (Wildman–Crippen MR) is 104 cm³/mol. The summed E-state index contributed by atoms with van der Waals surface area (Å²) in [5.74, 6) is 0. The first kappa shape index (κ1) is 20.8. The van der Waals surface area contributed by atoms with E-state index >= 15 is 0 Å². The molecule has 0 aromatic heterocycles. The van der Waals surface area contributed by atoms with Crippen molar-refractivity contribution in [2.24, 2.45) is 5.73 Å². The first-order valence-electron chi connectivity index (χ1n) is 8.84. The molecule has 0 saturated heterocycles. The fourth-order valence-electron chi connectivity index (χ4n) is 4.34. The Morgan fingerprint density at radius 3 is 2.00 bits per heavy atom. The summed E-state index contributed by atoms with van der Waals surface area (Å²) in [6.45, 7) is 0.785. The Hall–Kier alpha value is -0.280. The van der Waals surface area contributed by atoms with Crippen molar-refractivity contribution in [1.82, 2.24) is 5.32 Å². The number of benzene rings is 1. The van der Waals surface area contributed by atoms with E-state index in [0.29, 0.717) is 0 Å². The van der Waals surface area contributed by atoms with Crippen molar-refractivity contribution >= 4 is 24.8 Å². The average Bonchev–Trinajstić information content (AvgIpc) is 2.58. The zero-order valence-electron chi connectivity index (χ0n) is 14.0. The fraction of sp³-hybridized carbons (Fsp3) is 0.684. The summed E-state index contributed by atoms with van der Waals surface area (Å²) in [4.78, 5) is 0. The monoisotopic (exact) mass is 358 g/mol. The Morgan fingerprint density at radius 1 is 0.870 bits per heavy atom. The van der Waals surface area contributed by atoms with Gasteiger partial charge in [-0.25, -0.2) is 0 Å². The predicted octanol–water partition coefficient (Wildman–Crippen LogP) is 4.59. The van der Waals surface area contributed by atoms with Gasteiger partial charge >= 0.3 is 0 Å². The number of rotatable bonds is 4. The molecule has 0 bridgehead atoms. The first-order chi connectivity index (χ1) is 10.3. The van der Waals surface area contributed by atoms with Gasteiger partial charge in [0.2, 0.25) is 0 Å². The van der Waals surface area contributed by atoms with E-state index in [1.54, 1.807) is 0 Å². The van der Waals surface area contributed by atoms with Crippen molar-refractivity contribution in [1.29, 1.82) is 0 Å². The van der Waals surface area contributed by atoms with Crippen molar-refractivity contribution in [2.45, 2.75) is 75.3 Å². The molecule has 2 aliphatic rings. The molecule has 1 aromatic carbocycles. The van der Waals surface area contributed by atoms with Crippen LogP contribution in [0, 0.1) is 0 Å². The van der Waals surface area contributed by atoms with E-state index in [-0.39, 0.29) is 30.2 Å². The molecule has 132 valence electrons. The van der Waals surface area contributed by atoms with Crippen molar-refractivity contribution in [3.63, 3.8) is 0 Å². The third-order valence-electron chi connectivity index (χ3n) is 5.80. The standard InChI is InChI=1S/C19H30N2.2ClH/c20-15-19(16-7-3-1-4-8-16)13-11-18(12-14-19)21-17-9-5-2-6-10-17;;/h1,3-4,7-8,17-18,21H,2,5-6,9-15,20H2;2*1H/t18-,19+;;. The maximum atomic E-state index is 6.18. The number of hydrogen-bond acceptors (Lipinski definition) is 2. The van der Waals surface area contributed by atoms with Gasteiger partial charge in [-0.2, -0.15) is 0 Å². The molecule has 2 saturated carbocycles. The lowest BCUT2D eigenvalue weighted by Gasteiger charge is -2.41. The maximum Gasteiger partial charge on any atom is 0.00767 e. The molecule has 3 N–H and O–H groups in total. The molecule has 3 rings (SSSR count). The molecule has 2 nitrogen and oxygen atoms in total. The molecule has 0 heterocycles. The number of hydrogen-bond donors (Lipinski definition) is 2. The minimum Gasteiger partial charge on any atom is -0.330 e. The van der Waals surface area contributed by atoms with Gasteiger partial charge in [0.25, 0.3) is 0 Å². The van der Waals surface area contributed by atoms with Gasteiger partial charge in [-0.05, 0) is 44.1 Å². The van der Waals surface area contributed by atoms with Crippen LogP contribution in [0.25, 0.3) is 0 Å². The summed E-state index contributed by atoms with van der Waals surface area (Å²) in [5, 5.41) is 3.93. The van der Waals surface area contributed by atoms with Crippen LogP contribution < -0.4 is 11.1 Å². The van der Waals surface area contributed by atoms with Gasteiger partial charge in [0, 0.05) is 24.0 Å². The topological polar surface area (TPSA) is 38.0 Å². The molecule has 0 spiro atoms. The number of nitrogens with one attached hydrogen (secondary N) is 1. The normalized spacial score (nSPS) is 28.5. The van der Waals surface area contributed by atoms with Crippen molar-refractivity contribution in [2.75, 3.05) is 6.54 Å². The highest BCUT2D eigenvalue weighted by atomic mass is 35.5. The molecular weight excluding hydrogens is 327 g/mol. The van der Waals surface area contributed by atoms with E-state index in [0.717, 1.165) is 18.6 Å². The lowest BCUT2D eigenvalue weighted by Crippen LogP contribution is -2.46. The zero-order valence-corrected chi connectivity index (χ0v) is 15.6. The van der Waals surface area contributed by atoms with Gasteiger partial charge in [-0.15, -0.1) is 24.8 Å². The lowest BCUT2D eigenvalue weighted by molar-refractivity contribution is 0.225. The number of halogens is 2. The molecule has 0 unspecified atom stereocenters. The zero-order chi connectivity index (χ0) is 14.5. The molecule has 23 heavy (non-hydrogen) atoms. The van der Waals surface area contributed by atoms with Crippen LogP contribution in [0.2, 0.25) is 0 Å². The molecule has 2 fully saturated rings. The van der Waals surface area contributed by atoms with E-state index < -0.39 is 0 Å². The van der Waals surface area contributed by atoms with Crippen LogP contribution in [0.1, 0.15) is 63.4 Å². The van der Waals surface area contributed by atoms with Gasteiger partial charge in [0.15, 0.2) is 0 Å². The summed E-state index contributed by atoms with van der Waals surface area (Å²) in [7, 11) is 0. The fourth-order valence-corrected chi connectivity index (χ4v) is 4.34. The van der Waals surface area contributed by atoms with E-state index in [2.05, 4.69) is 35.6 Å². The Kier molecular flexibility index (Phi) is 8.92. The molecule has 1 aromatic rings. The quantitative estimate of drug-likeness (QED) is 0.825. The summed E-state index contributed by atoms with van der Waals surface area (Å²) in [6, 6.07) is 12.4. The van der Waals surface area contributed by atoms with E-state index in [4.69, 9.17) is 5.73 Å². The summed E-state index contributed by atoms with van der Waals surface area (Å²) in [6.07, 6.45) is 12.1.